The Labute approximate surface area is 224 Å². The predicted molar refractivity (Wildman–Crippen MR) is 145 cm³/mol. The summed E-state index contributed by atoms with van der Waals surface area (Å²) in [5.41, 5.74) is 0.492. The van der Waals surface area contributed by atoms with E-state index in [1.807, 2.05) is 24.3 Å². The molecule has 0 saturated heterocycles. The molecule has 2 aromatic heterocycles. The van der Waals surface area contributed by atoms with Crippen LogP contribution in [-0.2, 0) is 17.7 Å². The molecule has 0 aliphatic heterocycles. The summed E-state index contributed by atoms with van der Waals surface area (Å²) in [4.78, 5) is 21.2. The third kappa shape index (κ3) is 5.90. The van der Waals surface area contributed by atoms with Crippen LogP contribution in [0, 0.1) is 11.6 Å². The molecule has 3 N–H and O–H groups in total. The molecule has 4 rings (SSSR count). The first-order chi connectivity index (χ1) is 18.3. The second-order valence-corrected chi connectivity index (χ2v) is 9.93. The lowest BCUT2D eigenvalue weighted by Gasteiger charge is -2.22. The fourth-order valence-corrected chi connectivity index (χ4v) is 5.47. The molecule has 2 heterocycles. The molecule has 0 aliphatic rings. The van der Waals surface area contributed by atoms with E-state index in [0.29, 0.717) is 35.3 Å². The van der Waals surface area contributed by atoms with Gasteiger partial charge in [-0.25, -0.2) is 23.0 Å². The summed E-state index contributed by atoms with van der Waals surface area (Å²) in [6.45, 7) is 0.0358. The number of carbonyl (C=O) groups excluding carboxylic acids is 1. The molecule has 0 bridgehead atoms. The third-order valence-corrected chi connectivity index (χ3v) is 7.57. The number of methoxy groups -OCH3 is 1. The summed E-state index contributed by atoms with van der Waals surface area (Å²) >= 11 is -1.36. The van der Waals surface area contributed by atoms with Crippen LogP contribution < -0.4 is 19.7 Å². The highest BCUT2D eigenvalue weighted by molar-refractivity contribution is 7.80. The van der Waals surface area contributed by atoms with Crippen molar-refractivity contribution in [3.63, 3.8) is 0 Å². The first-order valence-corrected chi connectivity index (χ1v) is 13.5. The van der Waals surface area contributed by atoms with E-state index in [-0.39, 0.29) is 17.8 Å². The number of thiophene rings is 1. The number of halogens is 2. The summed E-state index contributed by atoms with van der Waals surface area (Å²) in [5, 5.41) is 6.68. The Hall–Kier alpha value is -3.68. The lowest BCUT2D eigenvalue weighted by Crippen LogP contribution is -2.28. The van der Waals surface area contributed by atoms with Gasteiger partial charge in [-0.05, 0) is 49.1 Å². The number of anilines is 3. The second-order valence-electron chi connectivity index (χ2n) is 8.15. The number of rotatable bonds is 11. The number of fused-ring (bicyclic) bond motifs is 1. The Morgan fingerprint density at radius 3 is 2.61 bits per heavy atom. The fourth-order valence-electron chi connectivity index (χ4n) is 3.88. The second kappa shape index (κ2) is 12.2. The van der Waals surface area contributed by atoms with E-state index < -0.39 is 34.5 Å². The molecule has 38 heavy (non-hydrogen) atoms. The normalized spacial score (nSPS) is 11.8. The predicted octanol–water partition coefficient (Wildman–Crippen LogP) is 5.24. The Balaban J connectivity index is 1.49. The van der Waals surface area contributed by atoms with Crippen molar-refractivity contribution in [1.82, 2.24) is 9.97 Å². The molecule has 0 spiro atoms. The molecule has 200 valence electrons. The van der Waals surface area contributed by atoms with Gasteiger partial charge in [0.05, 0.1) is 28.6 Å². The number of hydrogen-bond acceptors (Lipinski definition) is 7. The maximum atomic E-state index is 15.4. The number of unbranched alkanes of at least 4 members (excludes halogenated alkanes) is 1. The maximum absolute atomic E-state index is 15.4. The minimum Gasteiger partial charge on any atom is -0.497 e. The number of nitrogens with zero attached hydrogens (tertiary/aromatic N) is 3. The largest absolute Gasteiger partial charge is 0.497 e. The standard InChI is InChI=1S/C25H25F2N5O4S2/c1-28-24-23-21(29-14-30-24)17(13-37-23)25(33)31-22-18(26)10-11-19(20(22)27)32(38(34)35)12-4-3-5-15-6-8-16(36-2)9-7-15/h6-11,13-14H,3-5,12H2,1-2H3,(H,31,33)(H,34,35)(H,28,29,30). The number of hydrogen-bond donors (Lipinski definition) is 3. The van der Waals surface area contributed by atoms with Crippen molar-refractivity contribution in [2.75, 3.05) is 35.6 Å². The Bertz CT molecular complexity index is 1470. The molecule has 2 aromatic carbocycles. The number of benzene rings is 2. The van der Waals surface area contributed by atoms with Crippen molar-refractivity contribution >= 4 is 55.9 Å². The quantitative estimate of drug-likeness (QED) is 0.169. The topological polar surface area (TPSA) is 117 Å². The highest BCUT2D eigenvalue weighted by atomic mass is 32.2. The molecule has 0 aliphatic carbocycles. The molecule has 1 unspecified atom stereocenters. The van der Waals surface area contributed by atoms with Crippen molar-refractivity contribution in [3.05, 3.63) is 70.9 Å². The third-order valence-electron chi connectivity index (χ3n) is 5.84. The van der Waals surface area contributed by atoms with Gasteiger partial charge < -0.3 is 15.4 Å². The van der Waals surface area contributed by atoms with E-state index in [9.17, 15) is 17.9 Å². The molecular weight excluding hydrogens is 536 g/mol. The molecule has 13 heteroatoms. The minimum absolute atomic E-state index is 0.0358. The van der Waals surface area contributed by atoms with Gasteiger partial charge in [0, 0.05) is 19.0 Å². The van der Waals surface area contributed by atoms with E-state index >= 15 is 4.39 Å². The molecule has 0 saturated carbocycles. The number of nitrogens with one attached hydrogen (secondary N) is 2. The molecule has 1 atom stereocenters. The maximum Gasteiger partial charge on any atom is 0.261 e. The number of ether oxygens (including phenoxy) is 1. The van der Waals surface area contributed by atoms with Gasteiger partial charge in [0.15, 0.2) is 5.82 Å². The number of aryl methyl sites for hydroxylation is 1. The van der Waals surface area contributed by atoms with Gasteiger partial charge in [0.1, 0.15) is 29.4 Å². The van der Waals surface area contributed by atoms with Gasteiger partial charge >= 0.3 is 0 Å². The van der Waals surface area contributed by atoms with Gasteiger partial charge in [-0.1, -0.05) is 12.1 Å². The van der Waals surface area contributed by atoms with Gasteiger partial charge in [0.2, 0.25) is 0 Å². The van der Waals surface area contributed by atoms with Crippen molar-refractivity contribution in [3.8, 4) is 5.75 Å². The summed E-state index contributed by atoms with van der Waals surface area (Å²) in [6, 6.07) is 9.57. The van der Waals surface area contributed by atoms with Crippen LogP contribution >= 0.6 is 11.3 Å². The molecular formula is C25H25F2N5O4S2. The van der Waals surface area contributed by atoms with Gasteiger partial charge in [-0.2, -0.15) is 0 Å². The zero-order chi connectivity index (χ0) is 27.2. The minimum atomic E-state index is -2.58. The average molecular weight is 562 g/mol. The smallest absolute Gasteiger partial charge is 0.261 e. The van der Waals surface area contributed by atoms with Crippen LogP contribution in [0.5, 0.6) is 5.75 Å². The SMILES string of the molecule is CNc1ncnc2c(C(=O)Nc3c(F)ccc(N(CCCCc4ccc(OC)cc4)S(=O)O)c3F)csc12. The van der Waals surface area contributed by atoms with Crippen LogP contribution in [0.1, 0.15) is 28.8 Å². The van der Waals surface area contributed by atoms with Crippen molar-refractivity contribution in [2.45, 2.75) is 19.3 Å². The zero-order valence-corrected chi connectivity index (χ0v) is 22.2. The van der Waals surface area contributed by atoms with Crippen LogP contribution in [0.25, 0.3) is 10.2 Å². The monoisotopic (exact) mass is 561 g/mol. The summed E-state index contributed by atoms with van der Waals surface area (Å²) in [7, 11) is 3.26. The Kier molecular flexibility index (Phi) is 8.81. The van der Waals surface area contributed by atoms with Gasteiger partial charge in [-0.3, -0.25) is 13.7 Å². The molecule has 0 radical (unpaired) electrons. The fraction of sp³-hybridized carbons (Fsp3) is 0.240. The number of carbonyl (C=O) groups is 1. The van der Waals surface area contributed by atoms with Gasteiger partial charge in [0.25, 0.3) is 17.2 Å². The molecule has 9 nitrogen and oxygen atoms in total. The highest BCUT2D eigenvalue weighted by Crippen LogP contribution is 2.32. The number of aromatic nitrogens is 2. The van der Waals surface area contributed by atoms with Crippen LogP contribution in [0.4, 0.5) is 26.0 Å². The average Bonchev–Trinajstić information content (AvgIpc) is 3.36. The Morgan fingerprint density at radius 1 is 1.16 bits per heavy atom. The van der Waals surface area contributed by atoms with Crippen LogP contribution in [0.3, 0.4) is 0 Å². The molecule has 4 aromatic rings. The molecule has 1 amide bonds. The van der Waals surface area contributed by atoms with Crippen LogP contribution in [-0.4, -0.2) is 45.3 Å². The van der Waals surface area contributed by atoms with E-state index in [1.54, 1.807) is 14.2 Å². The summed E-state index contributed by atoms with van der Waals surface area (Å²) in [6.07, 6.45) is 3.11. The lowest BCUT2D eigenvalue weighted by atomic mass is 10.1. The van der Waals surface area contributed by atoms with E-state index in [1.165, 1.54) is 23.0 Å². The molecule has 0 fully saturated rings. The van der Waals surface area contributed by atoms with Crippen LogP contribution in [0.15, 0.2) is 48.1 Å². The highest BCUT2D eigenvalue weighted by Gasteiger charge is 2.24. The zero-order valence-electron chi connectivity index (χ0n) is 20.5. The van der Waals surface area contributed by atoms with Gasteiger partial charge in [-0.15, -0.1) is 11.3 Å². The van der Waals surface area contributed by atoms with E-state index in [4.69, 9.17) is 4.74 Å². The number of amides is 1. The van der Waals surface area contributed by atoms with E-state index in [0.717, 1.165) is 27.8 Å². The van der Waals surface area contributed by atoms with E-state index in [2.05, 4.69) is 20.6 Å². The first kappa shape index (κ1) is 27.4. The summed E-state index contributed by atoms with van der Waals surface area (Å²) in [5.74, 6) is -1.68. The van der Waals surface area contributed by atoms with Crippen molar-refractivity contribution in [1.29, 1.82) is 0 Å². The van der Waals surface area contributed by atoms with Crippen LogP contribution in [0.2, 0.25) is 0 Å². The summed E-state index contributed by atoms with van der Waals surface area (Å²) < 4.78 is 58.6. The lowest BCUT2D eigenvalue weighted by molar-refractivity contribution is 0.102. The van der Waals surface area contributed by atoms with Crippen molar-refractivity contribution < 1.29 is 27.1 Å². The first-order valence-electron chi connectivity index (χ1n) is 11.5. The Morgan fingerprint density at radius 2 is 1.92 bits per heavy atom. The van der Waals surface area contributed by atoms with Crippen molar-refractivity contribution in [2.24, 2.45) is 0 Å².